The van der Waals surface area contributed by atoms with Crippen molar-refractivity contribution in [1.82, 2.24) is 4.90 Å². The predicted molar refractivity (Wildman–Crippen MR) is 66.0 cm³/mol. The second-order valence-electron chi connectivity index (χ2n) is 3.96. The van der Waals surface area contributed by atoms with Crippen LogP contribution in [0, 0.1) is 0 Å². The molecular formula is C12H17N3O2. The van der Waals surface area contributed by atoms with Gasteiger partial charge in [-0.3, -0.25) is 9.59 Å². The highest BCUT2D eigenvalue weighted by atomic mass is 16.2. The van der Waals surface area contributed by atoms with Crippen LogP contribution in [0.2, 0.25) is 0 Å². The molecule has 0 heterocycles. The third-order valence-electron chi connectivity index (χ3n) is 2.40. The van der Waals surface area contributed by atoms with Crippen molar-refractivity contribution in [3.05, 3.63) is 29.8 Å². The van der Waals surface area contributed by atoms with Gasteiger partial charge in [0.2, 0.25) is 11.8 Å². The number of likely N-dealkylation sites (N-methyl/N-ethyl adjacent to an activating group) is 1. The summed E-state index contributed by atoms with van der Waals surface area (Å²) in [5, 5.41) is 0. The lowest BCUT2D eigenvalue weighted by Crippen LogP contribution is -2.35. The fraction of sp³-hybridized carbons (Fsp3) is 0.333. The number of aryl methyl sites for hydroxylation is 1. The molecule has 5 heteroatoms. The third-order valence-corrected chi connectivity index (χ3v) is 2.40. The number of nitrogen functional groups attached to an aromatic ring is 1. The van der Waals surface area contributed by atoms with Crippen molar-refractivity contribution in [2.75, 3.05) is 19.3 Å². The summed E-state index contributed by atoms with van der Waals surface area (Å²) in [6.07, 6.45) is 0.945. The summed E-state index contributed by atoms with van der Waals surface area (Å²) < 4.78 is 0. The number of benzene rings is 1. The Morgan fingerprint density at radius 1 is 1.35 bits per heavy atom. The maximum atomic E-state index is 11.6. The number of hydrogen-bond acceptors (Lipinski definition) is 3. The second-order valence-corrected chi connectivity index (χ2v) is 3.96. The van der Waals surface area contributed by atoms with E-state index in [0.717, 1.165) is 5.56 Å². The number of carbonyl (C=O) groups excluding carboxylic acids is 2. The lowest BCUT2D eigenvalue weighted by atomic mass is 10.1. The van der Waals surface area contributed by atoms with Crippen molar-refractivity contribution >= 4 is 17.5 Å². The Bertz CT molecular complexity index is 418. The summed E-state index contributed by atoms with van der Waals surface area (Å²) in [6, 6.07) is 7.39. The van der Waals surface area contributed by atoms with Gasteiger partial charge in [0.15, 0.2) is 0 Å². The van der Waals surface area contributed by atoms with Gasteiger partial charge in [0.1, 0.15) is 0 Å². The fourth-order valence-corrected chi connectivity index (χ4v) is 1.51. The van der Waals surface area contributed by atoms with Crippen LogP contribution >= 0.6 is 0 Å². The number of anilines is 1. The van der Waals surface area contributed by atoms with E-state index in [2.05, 4.69) is 0 Å². The summed E-state index contributed by atoms with van der Waals surface area (Å²) in [5.74, 6) is -0.615. The first-order valence-corrected chi connectivity index (χ1v) is 5.35. The van der Waals surface area contributed by atoms with E-state index in [1.807, 2.05) is 18.2 Å². The van der Waals surface area contributed by atoms with E-state index < -0.39 is 5.91 Å². The van der Waals surface area contributed by atoms with E-state index in [-0.39, 0.29) is 12.5 Å². The Morgan fingerprint density at radius 3 is 2.65 bits per heavy atom. The molecule has 0 saturated heterocycles. The van der Waals surface area contributed by atoms with Crippen molar-refractivity contribution in [3.8, 4) is 0 Å². The molecule has 0 unspecified atom stereocenters. The minimum atomic E-state index is -0.509. The van der Waals surface area contributed by atoms with Crippen LogP contribution in [-0.2, 0) is 16.0 Å². The number of nitrogens with two attached hydrogens (primary N) is 2. The largest absolute Gasteiger partial charge is 0.399 e. The molecule has 5 nitrogen and oxygen atoms in total. The van der Waals surface area contributed by atoms with E-state index in [4.69, 9.17) is 11.5 Å². The zero-order valence-electron chi connectivity index (χ0n) is 9.85. The van der Waals surface area contributed by atoms with Crippen LogP contribution in [0.25, 0.3) is 0 Å². The van der Waals surface area contributed by atoms with Crippen LogP contribution in [-0.4, -0.2) is 30.3 Å². The lowest BCUT2D eigenvalue weighted by molar-refractivity contribution is -0.133. The van der Waals surface area contributed by atoms with Gasteiger partial charge in [0.25, 0.3) is 0 Å². The summed E-state index contributed by atoms with van der Waals surface area (Å²) in [5.41, 5.74) is 12.3. The monoisotopic (exact) mass is 235 g/mol. The molecule has 1 aromatic rings. The molecule has 4 N–H and O–H groups in total. The number of amides is 2. The van der Waals surface area contributed by atoms with Crippen LogP contribution in [0.5, 0.6) is 0 Å². The minimum Gasteiger partial charge on any atom is -0.399 e. The number of carbonyl (C=O) groups is 2. The summed E-state index contributed by atoms with van der Waals surface area (Å²) in [6.45, 7) is -0.0459. The Morgan fingerprint density at radius 2 is 2.06 bits per heavy atom. The molecule has 2 amide bonds. The third kappa shape index (κ3) is 4.55. The van der Waals surface area contributed by atoms with Gasteiger partial charge in [-0.05, 0) is 24.1 Å². The summed E-state index contributed by atoms with van der Waals surface area (Å²) in [7, 11) is 1.56. The van der Waals surface area contributed by atoms with E-state index in [1.165, 1.54) is 4.90 Å². The van der Waals surface area contributed by atoms with Crippen LogP contribution in [0.3, 0.4) is 0 Å². The number of hydrogen-bond donors (Lipinski definition) is 2. The topological polar surface area (TPSA) is 89.4 Å². The van der Waals surface area contributed by atoms with E-state index >= 15 is 0 Å². The second kappa shape index (κ2) is 5.89. The molecule has 0 spiro atoms. The summed E-state index contributed by atoms with van der Waals surface area (Å²) >= 11 is 0. The van der Waals surface area contributed by atoms with Crippen LogP contribution in [0.1, 0.15) is 12.0 Å². The highest BCUT2D eigenvalue weighted by Crippen LogP contribution is 2.09. The fourth-order valence-electron chi connectivity index (χ4n) is 1.51. The van der Waals surface area contributed by atoms with Crippen LogP contribution in [0.15, 0.2) is 24.3 Å². The average molecular weight is 235 g/mol. The smallest absolute Gasteiger partial charge is 0.237 e. The van der Waals surface area contributed by atoms with Crippen molar-refractivity contribution in [1.29, 1.82) is 0 Å². The SMILES string of the molecule is CN(CC(N)=O)C(=O)CCc1cccc(N)c1. The molecule has 0 radical (unpaired) electrons. The molecule has 0 fully saturated rings. The standard InChI is InChI=1S/C12H17N3O2/c1-15(8-11(14)16)12(17)6-5-9-3-2-4-10(13)7-9/h2-4,7H,5-6,8,13H2,1H3,(H2,14,16). The Balaban J connectivity index is 2.45. The molecule has 0 atom stereocenters. The molecule has 0 saturated carbocycles. The van der Waals surface area contributed by atoms with Crippen molar-refractivity contribution in [2.24, 2.45) is 5.73 Å². The number of rotatable bonds is 5. The first-order chi connectivity index (χ1) is 7.99. The van der Waals surface area contributed by atoms with Gasteiger partial charge in [-0.25, -0.2) is 0 Å². The molecule has 17 heavy (non-hydrogen) atoms. The maximum Gasteiger partial charge on any atom is 0.237 e. The molecular weight excluding hydrogens is 218 g/mol. The van der Waals surface area contributed by atoms with Crippen LogP contribution in [0.4, 0.5) is 5.69 Å². The lowest BCUT2D eigenvalue weighted by Gasteiger charge is -2.14. The average Bonchev–Trinajstić information content (AvgIpc) is 2.25. The van der Waals surface area contributed by atoms with Gasteiger partial charge in [-0.2, -0.15) is 0 Å². The van der Waals surface area contributed by atoms with Crippen molar-refractivity contribution in [2.45, 2.75) is 12.8 Å². The quantitative estimate of drug-likeness (QED) is 0.712. The normalized spacial score (nSPS) is 9.94. The predicted octanol–water partition coefficient (Wildman–Crippen LogP) is 0.145. The van der Waals surface area contributed by atoms with Crippen LogP contribution < -0.4 is 11.5 Å². The van der Waals surface area contributed by atoms with Gasteiger partial charge in [-0.15, -0.1) is 0 Å². The number of nitrogens with zero attached hydrogens (tertiary/aromatic N) is 1. The maximum absolute atomic E-state index is 11.6. The van der Waals surface area contributed by atoms with Gasteiger partial charge >= 0.3 is 0 Å². The van der Waals surface area contributed by atoms with Gasteiger partial charge in [-0.1, -0.05) is 12.1 Å². The molecule has 92 valence electrons. The molecule has 0 aliphatic heterocycles. The van der Waals surface area contributed by atoms with Gasteiger partial charge < -0.3 is 16.4 Å². The van der Waals surface area contributed by atoms with Gasteiger partial charge in [0.05, 0.1) is 6.54 Å². The summed E-state index contributed by atoms with van der Waals surface area (Å²) in [4.78, 5) is 23.6. The van der Waals surface area contributed by atoms with E-state index in [1.54, 1.807) is 13.1 Å². The van der Waals surface area contributed by atoms with Crippen molar-refractivity contribution in [3.63, 3.8) is 0 Å². The molecule has 1 rings (SSSR count). The van der Waals surface area contributed by atoms with E-state index in [9.17, 15) is 9.59 Å². The molecule has 0 aromatic heterocycles. The Kier molecular flexibility index (Phi) is 4.51. The molecule has 0 bridgehead atoms. The minimum absolute atomic E-state index is 0.0459. The van der Waals surface area contributed by atoms with Gasteiger partial charge in [0, 0.05) is 19.2 Å². The molecule has 1 aromatic carbocycles. The zero-order valence-corrected chi connectivity index (χ0v) is 9.85. The van der Waals surface area contributed by atoms with Crippen molar-refractivity contribution < 1.29 is 9.59 Å². The zero-order chi connectivity index (χ0) is 12.8. The first kappa shape index (κ1) is 13.0. The van der Waals surface area contributed by atoms with E-state index in [0.29, 0.717) is 18.5 Å². The Hall–Kier alpha value is -2.04. The Labute approximate surface area is 100 Å². The highest BCUT2D eigenvalue weighted by molar-refractivity contribution is 5.83. The first-order valence-electron chi connectivity index (χ1n) is 5.35. The molecule has 0 aliphatic rings. The highest BCUT2D eigenvalue weighted by Gasteiger charge is 2.10. The number of primary amides is 1. The molecule has 0 aliphatic carbocycles.